The van der Waals surface area contributed by atoms with Gasteiger partial charge in [0.1, 0.15) is 23.9 Å². The zero-order valence-corrected chi connectivity index (χ0v) is 15.4. The van der Waals surface area contributed by atoms with Crippen LogP contribution in [-0.2, 0) is 6.54 Å². The van der Waals surface area contributed by atoms with E-state index in [0.29, 0.717) is 11.1 Å². The number of hydrogen-bond acceptors (Lipinski definition) is 5. The molecule has 9 heteroatoms. The van der Waals surface area contributed by atoms with E-state index >= 15 is 0 Å². The number of hydrogen-bond donors (Lipinski definition) is 0. The molecule has 1 aliphatic heterocycles. The van der Waals surface area contributed by atoms with E-state index in [0.717, 1.165) is 4.90 Å². The number of amides is 1. The number of halogens is 3. The molecule has 0 radical (unpaired) electrons. The molecule has 3 aromatic rings. The van der Waals surface area contributed by atoms with E-state index in [1.54, 1.807) is 12.1 Å². The lowest BCUT2D eigenvalue weighted by Crippen LogP contribution is -2.32. The molecule has 0 saturated carbocycles. The second kappa shape index (κ2) is 8.02. The van der Waals surface area contributed by atoms with Gasteiger partial charge in [-0.2, -0.15) is 0 Å². The first-order chi connectivity index (χ1) is 15.1. The lowest BCUT2D eigenvalue weighted by molar-refractivity contribution is -0.274. The average Bonchev–Trinajstić information content (AvgIpc) is 2.84. The van der Waals surface area contributed by atoms with E-state index in [9.17, 15) is 18.0 Å². The summed E-state index contributed by atoms with van der Waals surface area (Å²) in [6.45, 7) is -2.67. The average molecular weight is 417 g/mol. The van der Waals surface area contributed by atoms with Crippen molar-refractivity contribution in [1.82, 2.24) is 14.9 Å². The summed E-state index contributed by atoms with van der Waals surface area (Å²) >= 11 is 0. The SMILES string of the molecule is [2H]C1([2H])COc2ccc(-c3ccc(OC(F)(F)F)cc3)cc2C(=O)N1Cc1ncccn1. The van der Waals surface area contributed by atoms with E-state index in [-0.39, 0.29) is 36.0 Å². The van der Waals surface area contributed by atoms with Crippen LogP contribution in [0.25, 0.3) is 11.1 Å². The topological polar surface area (TPSA) is 64.6 Å². The Kier molecular flexibility index (Phi) is 4.61. The molecule has 0 spiro atoms. The van der Waals surface area contributed by atoms with Gasteiger partial charge in [0.05, 0.1) is 21.3 Å². The molecule has 0 atom stereocenters. The van der Waals surface area contributed by atoms with E-state index in [1.165, 1.54) is 48.8 Å². The highest BCUT2D eigenvalue weighted by molar-refractivity contribution is 5.98. The molecule has 1 amide bonds. The van der Waals surface area contributed by atoms with Crippen LogP contribution in [0.2, 0.25) is 0 Å². The quantitative estimate of drug-likeness (QED) is 0.640. The Hall–Kier alpha value is -3.62. The molecule has 0 aliphatic carbocycles. The van der Waals surface area contributed by atoms with Crippen molar-refractivity contribution < 1.29 is 30.2 Å². The van der Waals surface area contributed by atoms with Crippen LogP contribution < -0.4 is 9.47 Å². The van der Waals surface area contributed by atoms with Gasteiger partial charge < -0.3 is 14.4 Å². The predicted molar refractivity (Wildman–Crippen MR) is 101 cm³/mol. The Labute approximate surface area is 172 Å². The van der Waals surface area contributed by atoms with Gasteiger partial charge in [-0.05, 0) is 41.5 Å². The van der Waals surface area contributed by atoms with Gasteiger partial charge in [-0.15, -0.1) is 13.2 Å². The molecule has 30 heavy (non-hydrogen) atoms. The maximum Gasteiger partial charge on any atom is 0.573 e. The zero-order valence-electron chi connectivity index (χ0n) is 17.4. The molecule has 0 bridgehead atoms. The Morgan fingerprint density at radius 1 is 1.10 bits per heavy atom. The Morgan fingerprint density at radius 3 is 2.50 bits per heavy atom. The van der Waals surface area contributed by atoms with E-state index < -0.39 is 18.8 Å². The summed E-state index contributed by atoms with van der Waals surface area (Å²) in [5.74, 6) is -0.507. The normalized spacial score (nSPS) is 16.6. The molecular formula is C21H16F3N3O3. The fourth-order valence-electron chi connectivity index (χ4n) is 2.94. The van der Waals surface area contributed by atoms with Gasteiger partial charge in [0.2, 0.25) is 0 Å². The largest absolute Gasteiger partial charge is 0.573 e. The second-order valence-electron chi connectivity index (χ2n) is 6.29. The molecule has 0 N–H and O–H groups in total. The predicted octanol–water partition coefficient (Wildman–Crippen LogP) is 4.08. The molecule has 154 valence electrons. The summed E-state index contributed by atoms with van der Waals surface area (Å²) in [6.07, 6.45) is -1.80. The van der Waals surface area contributed by atoms with Crippen LogP contribution >= 0.6 is 0 Å². The van der Waals surface area contributed by atoms with Crippen molar-refractivity contribution in [3.63, 3.8) is 0 Å². The van der Waals surface area contributed by atoms with Crippen molar-refractivity contribution in [3.05, 3.63) is 72.3 Å². The number of fused-ring (bicyclic) bond motifs is 1. The number of rotatable bonds is 4. The van der Waals surface area contributed by atoms with Crippen molar-refractivity contribution in [2.75, 3.05) is 13.1 Å². The number of alkyl halides is 3. The van der Waals surface area contributed by atoms with Gasteiger partial charge in [0, 0.05) is 12.4 Å². The van der Waals surface area contributed by atoms with Crippen molar-refractivity contribution in [3.8, 4) is 22.6 Å². The fraction of sp³-hybridized carbons (Fsp3) is 0.190. The smallest absolute Gasteiger partial charge is 0.491 e. The molecule has 6 nitrogen and oxygen atoms in total. The number of aromatic nitrogens is 2. The first-order valence-corrected chi connectivity index (χ1v) is 8.83. The van der Waals surface area contributed by atoms with Crippen molar-refractivity contribution in [1.29, 1.82) is 0 Å². The van der Waals surface area contributed by atoms with E-state index in [1.807, 2.05) is 0 Å². The molecule has 1 aromatic heterocycles. The third kappa shape index (κ3) is 4.51. The first kappa shape index (κ1) is 17.3. The third-order valence-electron chi connectivity index (χ3n) is 4.28. The van der Waals surface area contributed by atoms with Crippen molar-refractivity contribution >= 4 is 5.91 Å². The van der Waals surface area contributed by atoms with Gasteiger partial charge in [-0.1, -0.05) is 18.2 Å². The summed E-state index contributed by atoms with van der Waals surface area (Å²) in [6, 6.07) is 11.5. The molecule has 0 unspecified atom stereocenters. The van der Waals surface area contributed by atoms with Crippen LogP contribution in [0.1, 0.15) is 18.9 Å². The Bertz CT molecular complexity index is 1130. The van der Waals surface area contributed by atoms with Gasteiger partial charge in [0.25, 0.3) is 5.91 Å². The first-order valence-electron chi connectivity index (χ1n) is 9.83. The highest BCUT2D eigenvalue weighted by atomic mass is 19.4. The molecule has 0 fully saturated rings. The Morgan fingerprint density at radius 2 is 1.80 bits per heavy atom. The minimum absolute atomic E-state index is 0.121. The number of ether oxygens (including phenoxy) is 2. The minimum Gasteiger partial charge on any atom is -0.491 e. The number of benzene rings is 2. The number of nitrogens with zero attached hydrogens (tertiary/aromatic N) is 3. The third-order valence-corrected chi connectivity index (χ3v) is 4.28. The van der Waals surface area contributed by atoms with Crippen LogP contribution in [-0.4, -0.2) is 40.2 Å². The van der Waals surface area contributed by atoms with E-state index in [4.69, 9.17) is 7.48 Å². The monoisotopic (exact) mass is 417 g/mol. The lowest BCUT2D eigenvalue weighted by atomic mass is 10.0. The van der Waals surface area contributed by atoms with Crippen LogP contribution in [0.5, 0.6) is 11.5 Å². The molecule has 1 aliphatic rings. The molecule has 4 rings (SSSR count). The van der Waals surface area contributed by atoms with Gasteiger partial charge in [-0.3, -0.25) is 4.79 Å². The molecular weight excluding hydrogens is 399 g/mol. The fourth-order valence-corrected chi connectivity index (χ4v) is 2.94. The van der Waals surface area contributed by atoms with Crippen molar-refractivity contribution in [2.45, 2.75) is 12.9 Å². The van der Waals surface area contributed by atoms with Crippen LogP contribution in [0.4, 0.5) is 13.2 Å². The maximum absolute atomic E-state index is 13.3. The summed E-state index contributed by atoms with van der Waals surface area (Å²) < 4.78 is 63.1. The zero-order chi connectivity index (χ0) is 22.9. The minimum atomic E-state index is -4.79. The van der Waals surface area contributed by atoms with Gasteiger partial charge in [0.15, 0.2) is 0 Å². The molecule has 2 aromatic carbocycles. The van der Waals surface area contributed by atoms with Gasteiger partial charge in [-0.25, -0.2) is 9.97 Å². The highest BCUT2D eigenvalue weighted by Crippen LogP contribution is 2.31. The number of carbonyl (C=O) groups is 1. The summed E-state index contributed by atoms with van der Waals surface area (Å²) in [5, 5.41) is 0. The molecule has 2 heterocycles. The lowest BCUT2D eigenvalue weighted by Gasteiger charge is -2.19. The summed E-state index contributed by atoms with van der Waals surface area (Å²) in [5.41, 5.74) is 1.20. The van der Waals surface area contributed by atoms with Crippen LogP contribution in [0, 0.1) is 0 Å². The second-order valence-corrected chi connectivity index (χ2v) is 6.29. The van der Waals surface area contributed by atoms with Crippen LogP contribution in [0.15, 0.2) is 60.9 Å². The highest BCUT2D eigenvalue weighted by Gasteiger charge is 2.31. The van der Waals surface area contributed by atoms with Gasteiger partial charge >= 0.3 is 6.36 Å². The molecule has 0 saturated heterocycles. The van der Waals surface area contributed by atoms with Crippen LogP contribution in [0.3, 0.4) is 0 Å². The van der Waals surface area contributed by atoms with E-state index in [2.05, 4.69) is 14.7 Å². The maximum atomic E-state index is 13.3. The number of carbonyl (C=O) groups excluding carboxylic acids is 1. The Balaban J connectivity index is 1.65. The summed E-state index contributed by atoms with van der Waals surface area (Å²) in [7, 11) is 0. The summed E-state index contributed by atoms with van der Waals surface area (Å²) in [4.78, 5) is 22.4. The standard InChI is InChI=1S/C21H16F3N3O3/c22-21(23,24)30-16-5-2-14(3-6-16)15-4-7-18-17(12-15)20(28)27(10-11-29-18)13-19-25-8-1-9-26-19/h1-9,12H,10-11,13H2/i10D2. The van der Waals surface area contributed by atoms with Crippen molar-refractivity contribution in [2.24, 2.45) is 0 Å².